The highest BCUT2D eigenvalue weighted by atomic mass is 32.2. The first kappa shape index (κ1) is 22.1. The van der Waals surface area contributed by atoms with E-state index in [4.69, 9.17) is 14.5 Å². The lowest BCUT2D eigenvalue weighted by atomic mass is 10.2. The first-order valence-corrected chi connectivity index (χ1v) is 10.7. The molecule has 1 aliphatic rings. The van der Waals surface area contributed by atoms with Gasteiger partial charge in [0.2, 0.25) is 0 Å². The number of nitro benzene ring substituents is 1. The van der Waals surface area contributed by atoms with Crippen LogP contribution in [0.2, 0.25) is 0 Å². The van der Waals surface area contributed by atoms with Crippen LogP contribution >= 0.6 is 11.8 Å². The van der Waals surface area contributed by atoms with E-state index >= 15 is 0 Å². The molecule has 166 valence electrons. The van der Waals surface area contributed by atoms with Crippen molar-refractivity contribution < 1.29 is 19.2 Å². The maximum Gasteiger partial charge on any atom is 0.271 e. The zero-order valence-corrected chi connectivity index (χ0v) is 18.6. The van der Waals surface area contributed by atoms with Crippen molar-refractivity contribution in [2.75, 3.05) is 19.1 Å². The molecule has 3 aromatic rings. The Hall–Kier alpha value is -4.11. The van der Waals surface area contributed by atoms with Crippen LogP contribution in [0.15, 0.2) is 82.7 Å². The van der Waals surface area contributed by atoms with Crippen LogP contribution in [0.5, 0.6) is 11.5 Å². The Bertz CT molecular complexity index is 1290. The van der Waals surface area contributed by atoms with Gasteiger partial charge in [0.1, 0.15) is 17.2 Å². The highest BCUT2D eigenvalue weighted by molar-refractivity contribution is 8.19. The number of amides is 1. The van der Waals surface area contributed by atoms with Gasteiger partial charge in [-0.25, -0.2) is 4.99 Å². The van der Waals surface area contributed by atoms with Crippen LogP contribution < -0.4 is 14.4 Å². The maximum atomic E-state index is 13.5. The van der Waals surface area contributed by atoms with Gasteiger partial charge in [-0.3, -0.25) is 19.8 Å². The van der Waals surface area contributed by atoms with E-state index < -0.39 is 4.92 Å². The number of thioether (sulfide) groups is 1. The zero-order chi connectivity index (χ0) is 23.4. The van der Waals surface area contributed by atoms with E-state index in [1.165, 1.54) is 35.9 Å². The predicted octanol–water partition coefficient (Wildman–Crippen LogP) is 5.42. The number of methoxy groups -OCH3 is 2. The Morgan fingerprint density at radius 2 is 1.67 bits per heavy atom. The van der Waals surface area contributed by atoms with E-state index in [1.54, 1.807) is 55.7 Å². The van der Waals surface area contributed by atoms with Gasteiger partial charge in [0, 0.05) is 12.1 Å². The standard InChI is InChI=1S/C24H19N3O5S/c1-31-20-12-5-3-10-18(20)25-24-26(19-11-4-6-13-21(19)32-2)23(28)22(33-24)15-16-8-7-9-17(14-16)27(29)30/h3-15H,1-2H3/b22-15-,25-24?. The topological polar surface area (TPSA) is 94.3 Å². The number of benzene rings is 3. The monoisotopic (exact) mass is 461 g/mol. The highest BCUT2D eigenvalue weighted by Crippen LogP contribution is 2.41. The minimum atomic E-state index is -0.471. The molecule has 8 nitrogen and oxygen atoms in total. The van der Waals surface area contributed by atoms with Crippen LogP contribution in [0.25, 0.3) is 6.08 Å². The molecule has 1 heterocycles. The first-order valence-electron chi connectivity index (χ1n) is 9.85. The quantitative estimate of drug-likeness (QED) is 0.276. The summed E-state index contributed by atoms with van der Waals surface area (Å²) in [5.74, 6) is 0.759. The second kappa shape index (κ2) is 9.58. The number of hydrogen-bond acceptors (Lipinski definition) is 7. The molecule has 0 N–H and O–H groups in total. The Balaban J connectivity index is 1.83. The lowest BCUT2D eigenvalue weighted by Gasteiger charge is -2.18. The molecule has 0 unspecified atom stereocenters. The lowest BCUT2D eigenvalue weighted by Crippen LogP contribution is -2.29. The summed E-state index contributed by atoms with van der Waals surface area (Å²) in [7, 11) is 3.08. The number of anilines is 1. The van der Waals surface area contributed by atoms with Gasteiger partial charge in [0.05, 0.1) is 29.7 Å². The molecular weight excluding hydrogens is 442 g/mol. The molecule has 4 rings (SSSR count). The van der Waals surface area contributed by atoms with E-state index in [1.807, 2.05) is 18.2 Å². The van der Waals surface area contributed by atoms with E-state index in [-0.39, 0.29) is 11.6 Å². The highest BCUT2D eigenvalue weighted by Gasteiger charge is 2.36. The van der Waals surface area contributed by atoms with Crippen LogP contribution in [0.3, 0.4) is 0 Å². The molecular formula is C24H19N3O5S. The van der Waals surface area contributed by atoms with Gasteiger partial charge in [-0.05, 0) is 47.7 Å². The number of carbonyl (C=O) groups excluding carboxylic acids is 1. The Kier molecular flexibility index (Phi) is 6.41. The number of nitro groups is 1. The molecule has 0 saturated carbocycles. The van der Waals surface area contributed by atoms with Crippen molar-refractivity contribution in [3.05, 3.63) is 93.4 Å². The molecule has 0 aromatic heterocycles. The predicted molar refractivity (Wildman–Crippen MR) is 129 cm³/mol. The van der Waals surface area contributed by atoms with E-state index in [2.05, 4.69) is 0 Å². The SMILES string of the molecule is COc1ccccc1N=C1S/C(=C\c2cccc([N+](=O)[O-])c2)C(=O)N1c1ccccc1OC. The number of amidine groups is 1. The van der Waals surface area contributed by atoms with Crippen LogP contribution in [-0.4, -0.2) is 30.2 Å². The van der Waals surface area contributed by atoms with Gasteiger partial charge >= 0.3 is 0 Å². The van der Waals surface area contributed by atoms with Crippen molar-refractivity contribution in [2.45, 2.75) is 0 Å². The summed E-state index contributed by atoms with van der Waals surface area (Å²) in [4.78, 5) is 30.7. The second-order valence-electron chi connectivity index (χ2n) is 6.84. The number of non-ortho nitro benzene ring substituents is 1. The third-order valence-electron chi connectivity index (χ3n) is 4.81. The maximum absolute atomic E-state index is 13.5. The van der Waals surface area contributed by atoms with Gasteiger partial charge < -0.3 is 9.47 Å². The number of hydrogen-bond donors (Lipinski definition) is 0. The average Bonchev–Trinajstić information content (AvgIpc) is 3.13. The van der Waals surface area contributed by atoms with Crippen molar-refractivity contribution in [3.63, 3.8) is 0 Å². The lowest BCUT2D eigenvalue weighted by molar-refractivity contribution is -0.384. The minimum absolute atomic E-state index is 0.0516. The van der Waals surface area contributed by atoms with Crippen molar-refractivity contribution in [1.82, 2.24) is 0 Å². The molecule has 1 aliphatic heterocycles. The summed E-state index contributed by atoms with van der Waals surface area (Å²) in [6.07, 6.45) is 1.62. The minimum Gasteiger partial charge on any atom is -0.495 e. The third-order valence-corrected chi connectivity index (χ3v) is 5.78. The van der Waals surface area contributed by atoms with Crippen molar-refractivity contribution in [2.24, 2.45) is 4.99 Å². The number of rotatable bonds is 6. The largest absolute Gasteiger partial charge is 0.495 e. The summed E-state index contributed by atoms with van der Waals surface area (Å²) < 4.78 is 10.9. The van der Waals surface area contributed by atoms with Gasteiger partial charge in [-0.2, -0.15) is 0 Å². The Morgan fingerprint density at radius 1 is 0.970 bits per heavy atom. The fraction of sp³-hybridized carbons (Fsp3) is 0.0833. The molecule has 3 aromatic carbocycles. The van der Waals surface area contributed by atoms with E-state index in [0.717, 1.165) is 0 Å². The summed E-state index contributed by atoms with van der Waals surface area (Å²) in [5.41, 5.74) is 1.59. The molecule has 0 bridgehead atoms. The average molecular weight is 461 g/mol. The van der Waals surface area contributed by atoms with Crippen LogP contribution in [0, 0.1) is 10.1 Å². The number of carbonyl (C=O) groups is 1. The van der Waals surface area contributed by atoms with Gasteiger partial charge in [-0.1, -0.05) is 36.4 Å². The molecule has 1 fully saturated rings. The van der Waals surface area contributed by atoms with Gasteiger partial charge in [-0.15, -0.1) is 0 Å². The fourth-order valence-corrected chi connectivity index (χ4v) is 4.27. The number of ether oxygens (including phenoxy) is 2. The zero-order valence-electron chi connectivity index (χ0n) is 17.8. The molecule has 1 amide bonds. The molecule has 0 aliphatic carbocycles. The third kappa shape index (κ3) is 4.58. The van der Waals surface area contributed by atoms with Crippen LogP contribution in [0.1, 0.15) is 5.56 Å². The number of aliphatic imine (C=N–C) groups is 1. The molecule has 0 radical (unpaired) electrons. The fourth-order valence-electron chi connectivity index (χ4n) is 3.28. The normalized spacial score (nSPS) is 15.8. The molecule has 0 atom stereocenters. The van der Waals surface area contributed by atoms with Gasteiger partial charge in [0.15, 0.2) is 5.17 Å². The summed E-state index contributed by atoms with van der Waals surface area (Å²) >= 11 is 1.17. The van der Waals surface area contributed by atoms with Crippen LogP contribution in [0.4, 0.5) is 17.1 Å². The van der Waals surface area contributed by atoms with Crippen LogP contribution in [-0.2, 0) is 4.79 Å². The summed E-state index contributed by atoms with van der Waals surface area (Å²) in [5, 5.41) is 11.5. The second-order valence-corrected chi connectivity index (χ2v) is 7.85. The number of para-hydroxylation sites is 4. The molecule has 1 saturated heterocycles. The summed E-state index contributed by atoms with van der Waals surface area (Å²) in [6, 6.07) is 20.5. The Morgan fingerprint density at radius 3 is 2.39 bits per heavy atom. The summed E-state index contributed by atoms with van der Waals surface area (Å²) in [6.45, 7) is 0. The van der Waals surface area contributed by atoms with Crippen molar-refractivity contribution >= 4 is 46.0 Å². The van der Waals surface area contributed by atoms with Crippen molar-refractivity contribution in [1.29, 1.82) is 0 Å². The van der Waals surface area contributed by atoms with E-state index in [0.29, 0.717) is 38.5 Å². The van der Waals surface area contributed by atoms with E-state index in [9.17, 15) is 14.9 Å². The molecule has 0 spiro atoms. The van der Waals surface area contributed by atoms with Crippen molar-refractivity contribution in [3.8, 4) is 11.5 Å². The first-order chi connectivity index (χ1) is 16.0. The van der Waals surface area contributed by atoms with Gasteiger partial charge in [0.25, 0.3) is 11.6 Å². The molecule has 33 heavy (non-hydrogen) atoms. The Labute approximate surface area is 194 Å². The smallest absolute Gasteiger partial charge is 0.271 e. The molecule has 9 heteroatoms. The number of nitrogens with zero attached hydrogens (tertiary/aromatic N) is 3.